The maximum Gasteiger partial charge on any atom is 0.193 e. The Hall–Kier alpha value is -3.71. The minimum Gasteiger partial charge on any atom is -0.497 e. The number of rotatable bonds is 5. The number of methoxy groups -OCH3 is 1. The molecule has 6 nitrogen and oxygen atoms in total. The number of allylic oxidation sites excluding steroid dienone is 2. The van der Waals surface area contributed by atoms with E-state index in [-0.39, 0.29) is 11.7 Å². The van der Waals surface area contributed by atoms with Crippen LogP contribution in [0.1, 0.15) is 96.6 Å². The number of fused-ring (bicyclic) bond motifs is 11. The van der Waals surface area contributed by atoms with Crippen LogP contribution in [0.5, 0.6) is 5.75 Å². The van der Waals surface area contributed by atoms with Gasteiger partial charge in [-0.2, -0.15) is 0 Å². The van der Waals surface area contributed by atoms with Gasteiger partial charge in [-0.3, -0.25) is 9.69 Å². The summed E-state index contributed by atoms with van der Waals surface area (Å²) in [7, 11) is 1.63. The maximum absolute atomic E-state index is 14.3. The van der Waals surface area contributed by atoms with E-state index < -0.39 is 17.1 Å². The first kappa shape index (κ1) is 31.9. The van der Waals surface area contributed by atoms with Crippen molar-refractivity contribution in [1.29, 1.82) is 0 Å². The predicted molar refractivity (Wildman–Crippen MR) is 187 cm³/mol. The summed E-state index contributed by atoms with van der Waals surface area (Å²) in [6.07, 6.45) is 7.99. The van der Waals surface area contributed by atoms with E-state index >= 15 is 0 Å². The van der Waals surface area contributed by atoms with Crippen molar-refractivity contribution in [3.63, 3.8) is 0 Å². The summed E-state index contributed by atoms with van der Waals surface area (Å²) in [5.41, 5.74) is 7.04. The number of hydrogen-bond donors (Lipinski definition) is 3. The quantitative estimate of drug-likeness (QED) is 0.157. The summed E-state index contributed by atoms with van der Waals surface area (Å²) >= 11 is 0. The number of carbonyl (C=O) groups is 1. The third-order valence-corrected chi connectivity index (χ3v) is 11.7. The van der Waals surface area contributed by atoms with Gasteiger partial charge in [0.05, 0.1) is 18.8 Å². The zero-order valence-corrected chi connectivity index (χ0v) is 28.0. The molecule has 3 aromatic carbocycles. The molecule has 4 aliphatic rings. The number of aliphatic hydroxyl groups is 2. The number of aromatic amines is 1. The number of para-hydroxylation sites is 1. The van der Waals surface area contributed by atoms with E-state index in [2.05, 4.69) is 66.2 Å². The molecule has 1 fully saturated rings. The summed E-state index contributed by atoms with van der Waals surface area (Å²) in [5, 5.41) is 25.1. The number of aliphatic hydroxyl groups excluding tert-OH is 1. The molecule has 47 heavy (non-hydrogen) atoms. The first-order chi connectivity index (χ1) is 22.7. The molecule has 8 rings (SSSR count). The van der Waals surface area contributed by atoms with Crippen molar-refractivity contribution >= 4 is 16.7 Å². The summed E-state index contributed by atoms with van der Waals surface area (Å²) in [6.45, 7) is 6.74. The van der Waals surface area contributed by atoms with E-state index in [0.717, 1.165) is 56.3 Å². The van der Waals surface area contributed by atoms with Crippen LogP contribution in [0.4, 0.5) is 0 Å². The van der Waals surface area contributed by atoms with Crippen LogP contribution in [-0.4, -0.2) is 57.8 Å². The van der Waals surface area contributed by atoms with E-state index in [1.54, 1.807) is 7.11 Å². The number of H-pyrrole nitrogens is 1. The van der Waals surface area contributed by atoms with E-state index in [4.69, 9.17) is 4.74 Å². The third kappa shape index (κ3) is 5.96. The molecule has 6 heteroatoms. The van der Waals surface area contributed by atoms with Crippen LogP contribution in [0.3, 0.4) is 0 Å². The van der Waals surface area contributed by atoms with Crippen LogP contribution in [0.15, 0.2) is 78.4 Å². The van der Waals surface area contributed by atoms with Crippen molar-refractivity contribution in [2.75, 3.05) is 20.2 Å². The van der Waals surface area contributed by atoms with Crippen molar-refractivity contribution in [3.05, 3.63) is 112 Å². The largest absolute Gasteiger partial charge is 0.497 e. The fraction of sp³-hybridized carbons (Fsp3) is 0.439. The molecule has 1 saturated carbocycles. The standard InChI is InChI=1S/C41H48N2O4/c1-27-7-6-20-40(2)36(18-21-41(40,46)26-43-22-19-34-33-8-4-5-9-37(33)42-38(34)25-43)32-17-11-28(23-30(44)14-10-27)24-35(32)39(45)29-12-15-31(47-3)16-13-29/h4-5,7-9,11-13,15-17,24,30,36,42,44,46H,6,10,14,18-23,25-26H2,1-3H3. The molecule has 3 N–H and O–H groups in total. The number of ketones is 1. The lowest BCUT2D eigenvalue weighted by atomic mass is 9.64. The molecule has 2 heterocycles. The first-order valence-electron chi connectivity index (χ1n) is 17.4. The first-order valence-corrected chi connectivity index (χ1v) is 17.4. The summed E-state index contributed by atoms with van der Waals surface area (Å²) in [6, 6.07) is 22.1. The van der Waals surface area contributed by atoms with Crippen molar-refractivity contribution in [1.82, 2.24) is 9.88 Å². The Morgan fingerprint density at radius 1 is 1.04 bits per heavy atom. The molecular formula is C41H48N2O4. The molecule has 0 radical (unpaired) electrons. The molecule has 4 aromatic rings. The van der Waals surface area contributed by atoms with Gasteiger partial charge in [0.1, 0.15) is 5.75 Å². The number of nitrogens with one attached hydrogen (secondary N) is 1. The normalized spacial score (nSPS) is 26.8. The molecule has 0 amide bonds. The number of ether oxygens (including phenoxy) is 1. The van der Waals surface area contributed by atoms with E-state index in [1.165, 1.54) is 27.7 Å². The maximum atomic E-state index is 14.3. The highest BCUT2D eigenvalue weighted by molar-refractivity contribution is 6.10. The number of hydrogen-bond acceptors (Lipinski definition) is 5. The minimum atomic E-state index is -0.921. The monoisotopic (exact) mass is 632 g/mol. The van der Waals surface area contributed by atoms with Crippen LogP contribution in [0.2, 0.25) is 0 Å². The van der Waals surface area contributed by atoms with Crippen LogP contribution in [0, 0.1) is 5.41 Å². The molecule has 0 saturated heterocycles. The number of β-amino-alcohol motifs (C(OH)–C–C–N with tert-alkyl or cyclic N) is 1. The van der Waals surface area contributed by atoms with Gasteiger partial charge < -0.3 is 19.9 Å². The Kier molecular flexibility index (Phi) is 8.62. The van der Waals surface area contributed by atoms with Gasteiger partial charge in [0.15, 0.2) is 5.78 Å². The van der Waals surface area contributed by atoms with Crippen LogP contribution in [-0.2, 0) is 19.4 Å². The lowest BCUT2D eigenvalue weighted by molar-refractivity contribution is -0.0857. The van der Waals surface area contributed by atoms with Crippen LogP contribution < -0.4 is 4.74 Å². The highest BCUT2D eigenvalue weighted by Crippen LogP contribution is 2.59. The van der Waals surface area contributed by atoms with Crippen LogP contribution in [0.25, 0.3) is 10.9 Å². The van der Waals surface area contributed by atoms with Gasteiger partial charge in [-0.1, -0.05) is 48.9 Å². The summed E-state index contributed by atoms with van der Waals surface area (Å²) in [4.78, 5) is 20.4. The number of carbonyl (C=O) groups excluding carboxylic acids is 1. The van der Waals surface area contributed by atoms with Crippen molar-refractivity contribution in [3.8, 4) is 5.75 Å². The minimum absolute atomic E-state index is 0.00810. The highest BCUT2D eigenvalue weighted by atomic mass is 16.5. The second-order valence-corrected chi connectivity index (χ2v) is 14.6. The predicted octanol–water partition coefficient (Wildman–Crippen LogP) is 7.50. The number of aromatic nitrogens is 1. The Balaban J connectivity index is 1.26. The van der Waals surface area contributed by atoms with E-state index in [1.807, 2.05) is 30.3 Å². The molecule has 1 aromatic heterocycles. The zero-order chi connectivity index (χ0) is 32.8. The topological polar surface area (TPSA) is 85.8 Å². The Bertz CT molecular complexity index is 1810. The fourth-order valence-electron chi connectivity index (χ4n) is 8.85. The smallest absolute Gasteiger partial charge is 0.193 e. The molecule has 0 spiro atoms. The summed E-state index contributed by atoms with van der Waals surface area (Å²) < 4.78 is 5.36. The molecule has 3 aliphatic carbocycles. The molecule has 4 unspecified atom stereocenters. The van der Waals surface area contributed by atoms with Gasteiger partial charge >= 0.3 is 0 Å². The van der Waals surface area contributed by atoms with Crippen LogP contribution >= 0.6 is 0 Å². The van der Waals surface area contributed by atoms with Gasteiger partial charge in [-0.15, -0.1) is 0 Å². The van der Waals surface area contributed by atoms with E-state index in [0.29, 0.717) is 42.7 Å². The third-order valence-electron chi connectivity index (χ3n) is 11.7. The van der Waals surface area contributed by atoms with Gasteiger partial charge in [0.25, 0.3) is 0 Å². The SMILES string of the molecule is COc1ccc(C(=O)c2cc3ccc2C2CCC(O)(CN4CCc5c([nH]c6ccccc56)C4)C2(C)CCC=C(C)CCC(O)C3)cc1. The average Bonchev–Trinajstić information content (AvgIpc) is 3.56. The highest BCUT2D eigenvalue weighted by Gasteiger charge is 2.57. The van der Waals surface area contributed by atoms with Gasteiger partial charge in [0, 0.05) is 52.8 Å². The average molecular weight is 633 g/mol. The second kappa shape index (κ2) is 12.7. The molecule has 1 aliphatic heterocycles. The number of benzene rings is 3. The van der Waals surface area contributed by atoms with Gasteiger partial charge in [0.2, 0.25) is 0 Å². The summed E-state index contributed by atoms with van der Waals surface area (Å²) in [5.74, 6) is 0.692. The Labute approximate surface area is 278 Å². The van der Waals surface area contributed by atoms with Gasteiger partial charge in [-0.05, 0) is 117 Å². The molecule has 4 atom stereocenters. The van der Waals surface area contributed by atoms with Crippen molar-refractivity contribution in [2.45, 2.75) is 89.4 Å². The zero-order valence-electron chi connectivity index (χ0n) is 28.0. The Morgan fingerprint density at radius 2 is 1.85 bits per heavy atom. The lowest BCUT2D eigenvalue weighted by Crippen LogP contribution is -2.53. The second-order valence-electron chi connectivity index (χ2n) is 14.6. The van der Waals surface area contributed by atoms with Crippen molar-refractivity contribution < 1.29 is 19.7 Å². The molecular weight excluding hydrogens is 584 g/mol. The number of nitrogens with zero attached hydrogens (tertiary/aromatic N) is 1. The molecule has 2 bridgehead atoms. The fourth-order valence-corrected chi connectivity index (χ4v) is 8.85. The lowest BCUT2D eigenvalue weighted by Gasteiger charge is -2.46. The molecule has 246 valence electrons. The van der Waals surface area contributed by atoms with Gasteiger partial charge in [-0.25, -0.2) is 0 Å². The van der Waals surface area contributed by atoms with Crippen molar-refractivity contribution in [2.24, 2.45) is 5.41 Å². The Morgan fingerprint density at radius 3 is 2.66 bits per heavy atom. The van der Waals surface area contributed by atoms with E-state index in [9.17, 15) is 15.0 Å².